The Kier molecular flexibility index (Phi) is 8.71. The van der Waals surface area contributed by atoms with Crippen molar-refractivity contribution in [3.8, 4) is 5.75 Å². The molecule has 0 radical (unpaired) electrons. The third-order valence-corrected chi connectivity index (χ3v) is 5.81. The molecule has 0 aliphatic carbocycles. The van der Waals surface area contributed by atoms with Crippen LogP contribution in [0.1, 0.15) is 17.5 Å². The summed E-state index contributed by atoms with van der Waals surface area (Å²) in [6.07, 6.45) is 1.08. The Labute approximate surface area is 178 Å². The number of hydrogen-bond donors (Lipinski definition) is 2. The maximum Gasteiger partial charge on any atom is 0.191 e. The number of benzene rings is 2. The third-order valence-electron chi connectivity index (χ3n) is 4.80. The van der Waals surface area contributed by atoms with Gasteiger partial charge in [-0.1, -0.05) is 30.3 Å². The van der Waals surface area contributed by atoms with Crippen molar-refractivity contribution in [2.45, 2.75) is 24.8 Å². The van der Waals surface area contributed by atoms with E-state index in [0.717, 1.165) is 49.2 Å². The zero-order valence-corrected chi connectivity index (χ0v) is 18.1. The van der Waals surface area contributed by atoms with E-state index in [0.29, 0.717) is 19.1 Å². The van der Waals surface area contributed by atoms with E-state index < -0.39 is 0 Å². The summed E-state index contributed by atoms with van der Waals surface area (Å²) >= 11 is 1.83. The van der Waals surface area contributed by atoms with E-state index in [9.17, 15) is 0 Å². The minimum Gasteiger partial charge on any atom is -0.493 e. The predicted octanol–water partition coefficient (Wildman–Crippen LogP) is 3.87. The number of aryl methyl sites for hydroxylation is 1. The lowest BCUT2D eigenvalue weighted by molar-refractivity contribution is 0.166. The van der Waals surface area contributed by atoms with Gasteiger partial charge in [0.1, 0.15) is 5.75 Å². The SMILES string of the molecule is CN=C(NCCSc1ccccc1)NCc1ccc(C)cc1OCC1CCOC1. The van der Waals surface area contributed by atoms with Crippen LogP contribution in [0.5, 0.6) is 5.75 Å². The van der Waals surface area contributed by atoms with Crippen LogP contribution in [0.25, 0.3) is 0 Å². The van der Waals surface area contributed by atoms with Gasteiger partial charge in [-0.25, -0.2) is 0 Å². The summed E-state index contributed by atoms with van der Waals surface area (Å²) in [6.45, 7) is 5.96. The molecule has 2 aromatic rings. The molecule has 1 atom stereocenters. The lowest BCUT2D eigenvalue weighted by Crippen LogP contribution is -2.38. The molecule has 1 aliphatic heterocycles. The second kappa shape index (κ2) is 11.7. The lowest BCUT2D eigenvalue weighted by atomic mass is 10.1. The van der Waals surface area contributed by atoms with Crippen LogP contribution in [0.3, 0.4) is 0 Å². The van der Waals surface area contributed by atoms with Gasteiger partial charge < -0.3 is 20.1 Å². The fourth-order valence-electron chi connectivity index (χ4n) is 3.12. The maximum absolute atomic E-state index is 6.13. The molecule has 0 spiro atoms. The highest BCUT2D eigenvalue weighted by molar-refractivity contribution is 7.99. The van der Waals surface area contributed by atoms with Crippen LogP contribution in [0, 0.1) is 12.8 Å². The molecule has 1 fully saturated rings. The molecule has 29 heavy (non-hydrogen) atoms. The quantitative estimate of drug-likeness (QED) is 0.283. The second-order valence-electron chi connectivity index (χ2n) is 7.17. The van der Waals surface area contributed by atoms with Gasteiger partial charge in [0.25, 0.3) is 0 Å². The van der Waals surface area contributed by atoms with Crippen LogP contribution in [-0.4, -0.2) is 45.1 Å². The first-order valence-corrected chi connectivity index (χ1v) is 11.2. The molecule has 6 heteroatoms. The van der Waals surface area contributed by atoms with Crippen molar-refractivity contribution in [2.75, 3.05) is 39.2 Å². The van der Waals surface area contributed by atoms with Crippen molar-refractivity contribution in [2.24, 2.45) is 10.9 Å². The summed E-state index contributed by atoms with van der Waals surface area (Å²) in [4.78, 5) is 5.62. The van der Waals surface area contributed by atoms with Crippen molar-refractivity contribution < 1.29 is 9.47 Å². The van der Waals surface area contributed by atoms with Gasteiger partial charge in [0, 0.05) is 48.9 Å². The molecule has 0 bridgehead atoms. The van der Waals surface area contributed by atoms with Gasteiger partial charge in [-0.3, -0.25) is 4.99 Å². The van der Waals surface area contributed by atoms with Crippen molar-refractivity contribution in [3.05, 3.63) is 59.7 Å². The van der Waals surface area contributed by atoms with Gasteiger partial charge in [0.2, 0.25) is 0 Å². The molecule has 1 saturated heterocycles. The normalized spacial score (nSPS) is 16.6. The van der Waals surface area contributed by atoms with Gasteiger partial charge >= 0.3 is 0 Å². The number of thioether (sulfide) groups is 1. The molecule has 1 heterocycles. The molecule has 5 nitrogen and oxygen atoms in total. The highest BCUT2D eigenvalue weighted by Gasteiger charge is 2.17. The summed E-state index contributed by atoms with van der Waals surface area (Å²) in [5, 5.41) is 6.78. The zero-order chi connectivity index (χ0) is 20.3. The average Bonchev–Trinajstić information content (AvgIpc) is 3.27. The number of hydrogen-bond acceptors (Lipinski definition) is 4. The Morgan fingerprint density at radius 3 is 2.83 bits per heavy atom. The van der Waals surface area contributed by atoms with E-state index in [1.165, 1.54) is 10.5 Å². The first-order valence-electron chi connectivity index (χ1n) is 10.2. The number of guanidine groups is 1. The van der Waals surface area contributed by atoms with Crippen LogP contribution < -0.4 is 15.4 Å². The second-order valence-corrected chi connectivity index (χ2v) is 8.33. The third kappa shape index (κ3) is 7.29. The fraction of sp³-hybridized carbons (Fsp3) is 0.435. The van der Waals surface area contributed by atoms with Gasteiger partial charge in [0.15, 0.2) is 5.96 Å². The van der Waals surface area contributed by atoms with E-state index in [-0.39, 0.29) is 0 Å². The number of aliphatic imine (C=N–C) groups is 1. The molecule has 0 amide bonds. The van der Waals surface area contributed by atoms with E-state index in [1.54, 1.807) is 7.05 Å². The molecule has 0 saturated carbocycles. The Bertz CT molecular complexity index is 777. The van der Waals surface area contributed by atoms with Crippen LogP contribution >= 0.6 is 11.8 Å². The Balaban J connectivity index is 1.45. The van der Waals surface area contributed by atoms with Crippen molar-refractivity contribution >= 4 is 17.7 Å². The summed E-state index contributed by atoms with van der Waals surface area (Å²) in [6, 6.07) is 16.8. The molecular weight excluding hydrogens is 382 g/mol. The minimum absolute atomic E-state index is 0.493. The molecule has 3 rings (SSSR count). The van der Waals surface area contributed by atoms with E-state index >= 15 is 0 Å². The Hall–Kier alpha value is -2.18. The molecule has 1 unspecified atom stereocenters. The van der Waals surface area contributed by atoms with Gasteiger partial charge in [0.05, 0.1) is 13.2 Å². The first-order chi connectivity index (χ1) is 14.2. The smallest absolute Gasteiger partial charge is 0.191 e. The molecule has 156 valence electrons. The number of ether oxygens (including phenoxy) is 2. The van der Waals surface area contributed by atoms with Crippen molar-refractivity contribution in [3.63, 3.8) is 0 Å². The monoisotopic (exact) mass is 413 g/mol. The highest BCUT2D eigenvalue weighted by atomic mass is 32.2. The van der Waals surface area contributed by atoms with E-state index in [4.69, 9.17) is 9.47 Å². The topological polar surface area (TPSA) is 54.9 Å². The van der Waals surface area contributed by atoms with Crippen LogP contribution in [-0.2, 0) is 11.3 Å². The highest BCUT2D eigenvalue weighted by Crippen LogP contribution is 2.22. The van der Waals surface area contributed by atoms with Crippen LogP contribution in [0.2, 0.25) is 0 Å². The molecule has 2 aromatic carbocycles. The van der Waals surface area contributed by atoms with E-state index in [1.807, 2.05) is 17.8 Å². The standard InChI is InChI=1S/C23H31N3O2S/c1-18-8-9-20(22(14-18)28-17-19-10-12-27-16-19)15-26-23(24-2)25-11-13-29-21-6-4-3-5-7-21/h3-9,14,19H,10-13,15-17H2,1-2H3,(H2,24,25,26). The number of nitrogens with one attached hydrogen (secondary N) is 2. The van der Waals surface area contributed by atoms with Crippen LogP contribution in [0.4, 0.5) is 0 Å². The maximum atomic E-state index is 6.13. The fourth-order valence-corrected chi connectivity index (χ4v) is 3.91. The Morgan fingerprint density at radius 1 is 1.21 bits per heavy atom. The molecular formula is C23H31N3O2S. The lowest BCUT2D eigenvalue weighted by Gasteiger charge is -2.17. The average molecular weight is 414 g/mol. The van der Waals surface area contributed by atoms with Crippen molar-refractivity contribution in [1.82, 2.24) is 10.6 Å². The number of rotatable bonds is 9. The largest absolute Gasteiger partial charge is 0.493 e. The summed E-state index contributed by atoms with van der Waals surface area (Å²) in [5.41, 5.74) is 2.34. The number of nitrogens with zero attached hydrogens (tertiary/aromatic N) is 1. The predicted molar refractivity (Wildman–Crippen MR) is 121 cm³/mol. The van der Waals surface area contributed by atoms with Crippen LogP contribution in [0.15, 0.2) is 58.4 Å². The molecule has 0 aromatic heterocycles. The van der Waals surface area contributed by atoms with E-state index in [2.05, 4.69) is 65.0 Å². The summed E-state index contributed by atoms with van der Waals surface area (Å²) < 4.78 is 11.6. The van der Waals surface area contributed by atoms with Gasteiger partial charge in [-0.2, -0.15) is 0 Å². The molecule has 1 aliphatic rings. The van der Waals surface area contributed by atoms with Crippen molar-refractivity contribution in [1.29, 1.82) is 0 Å². The zero-order valence-electron chi connectivity index (χ0n) is 17.3. The Morgan fingerprint density at radius 2 is 2.07 bits per heavy atom. The summed E-state index contributed by atoms with van der Waals surface area (Å²) in [7, 11) is 1.80. The van der Waals surface area contributed by atoms with Gasteiger partial charge in [-0.05, 0) is 37.1 Å². The summed E-state index contributed by atoms with van der Waals surface area (Å²) in [5.74, 6) is 3.22. The first kappa shape index (κ1) is 21.5. The minimum atomic E-state index is 0.493. The molecule has 2 N–H and O–H groups in total. The van der Waals surface area contributed by atoms with Gasteiger partial charge in [-0.15, -0.1) is 11.8 Å².